The number of rotatable bonds is 1. The van der Waals surface area contributed by atoms with Crippen molar-refractivity contribution in [2.75, 3.05) is 5.32 Å². The van der Waals surface area contributed by atoms with Gasteiger partial charge in [-0.1, -0.05) is 23.2 Å². The van der Waals surface area contributed by atoms with Crippen LogP contribution >= 0.6 is 35.1 Å². The number of guanidine groups is 1. The number of phenolic OH excluding ortho intramolecular Hbond substituents is 1. The van der Waals surface area contributed by atoms with Crippen molar-refractivity contribution in [3.05, 3.63) is 40.5 Å². The summed E-state index contributed by atoms with van der Waals surface area (Å²) in [5, 5.41) is 21.9. The molecule has 0 saturated heterocycles. The maximum Gasteiger partial charge on any atom is 0.211 e. The summed E-state index contributed by atoms with van der Waals surface area (Å²) in [5.74, 6) is 0.523. The number of nitrogens with zero attached hydrogens (tertiary/aromatic N) is 2. The van der Waals surface area contributed by atoms with Crippen LogP contribution in [0, 0.1) is 0 Å². The van der Waals surface area contributed by atoms with Crippen LogP contribution in [-0.4, -0.2) is 21.3 Å². The lowest BCUT2D eigenvalue weighted by Gasteiger charge is -2.19. The molecule has 0 radical (unpaired) electrons. The van der Waals surface area contributed by atoms with Crippen LogP contribution in [0.5, 0.6) is 5.75 Å². The number of nitrogens with one attached hydrogen (secondary N) is 3. The zero-order valence-corrected chi connectivity index (χ0v) is 13.7. The molecule has 0 bridgehead atoms. The molecular weight excluding hydrogens is 357 g/mol. The first-order valence-electron chi connectivity index (χ1n) is 6.54. The quantitative estimate of drug-likeness (QED) is 0.483. The van der Waals surface area contributed by atoms with Crippen molar-refractivity contribution in [2.24, 2.45) is 4.99 Å². The third-order valence-corrected chi connectivity index (χ3v) is 4.68. The van der Waals surface area contributed by atoms with E-state index in [0.29, 0.717) is 21.7 Å². The van der Waals surface area contributed by atoms with E-state index in [2.05, 4.69) is 25.2 Å². The predicted molar refractivity (Wildman–Crippen MR) is 93.9 cm³/mol. The Kier molecular flexibility index (Phi) is 3.48. The van der Waals surface area contributed by atoms with Gasteiger partial charge in [-0.25, -0.2) is 4.99 Å². The van der Waals surface area contributed by atoms with Crippen LogP contribution in [0.15, 0.2) is 40.4 Å². The molecule has 1 aliphatic heterocycles. The van der Waals surface area contributed by atoms with Gasteiger partial charge in [0.15, 0.2) is 0 Å². The Morgan fingerprint density at radius 2 is 2.09 bits per heavy atom. The highest BCUT2D eigenvalue weighted by Crippen LogP contribution is 2.41. The Bertz CT molecular complexity index is 956. The molecule has 9 heteroatoms. The van der Waals surface area contributed by atoms with E-state index in [-0.39, 0.29) is 5.75 Å². The van der Waals surface area contributed by atoms with E-state index in [4.69, 9.17) is 23.2 Å². The van der Waals surface area contributed by atoms with Crippen LogP contribution in [-0.2, 0) is 0 Å². The fraction of sp³-hybridized carbons (Fsp3) is 0. The summed E-state index contributed by atoms with van der Waals surface area (Å²) < 4.78 is 3.07. The molecule has 0 spiro atoms. The molecule has 0 aliphatic carbocycles. The second kappa shape index (κ2) is 5.52. The van der Waals surface area contributed by atoms with Crippen molar-refractivity contribution in [3.63, 3.8) is 0 Å². The van der Waals surface area contributed by atoms with Crippen LogP contribution in [0.3, 0.4) is 0 Å². The topological polar surface area (TPSA) is 85.3 Å². The van der Waals surface area contributed by atoms with Crippen LogP contribution in [0.2, 0.25) is 10.0 Å². The monoisotopic (exact) mass is 365 g/mol. The second-order valence-electron chi connectivity index (χ2n) is 4.81. The first-order chi connectivity index (χ1) is 11.1. The first-order valence-corrected chi connectivity index (χ1v) is 8.12. The van der Waals surface area contributed by atoms with Gasteiger partial charge >= 0.3 is 0 Å². The molecule has 0 unspecified atom stereocenters. The van der Waals surface area contributed by atoms with Gasteiger partial charge in [-0.2, -0.15) is 5.10 Å². The van der Waals surface area contributed by atoms with E-state index in [0.717, 1.165) is 21.5 Å². The third-order valence-electron chi connectivity index (χ3n) is 3.32. The molecule has 2 heterocycles. The van der Waals surface area contributed by atoms with Gasteiger partial charge in [0.2, 0.25) is 5.96 Å². The van der Waals surface area contributed by atoms with Gasteiger partial charge in [0.1, 0.15) is 11.4 Å². The van der Waals surface area contributed by atoms with Gasteiger partial charge in [0.25, 0.3) is 0 Å². The van der Waals surface area contributed by atoms with Crippen molar-refractivity contribution in [2.45, 2.75) is 4.90 Å². The minimum absolute atomic E-state index is 0.0327. The van der Waals surface area contributed by atoms with Gasteiger partial charge in [0.05, 0.1) is 27.3 Å². The molecule has 3 aromatic rings. The first kappa shape index (κ1) is 14.5. The lowest BCUT2D eigenvalue weighted by molar-refractivity contribution is 0.475. The fourth-order valence-electron chi connectivity index (χ4n) is 2.28. The molecule has 0 atom stereocenters. The van der Waals surface area contributed by atoms with Gasteiger partial charge in [-0.15, -0.1) is 0 Å². The van der Waals surface area contributed by atoms with Crippen molar-refractivity contribution in [1.82, 2.24) is 14.9 Å². The Balaban J connectivity index is 1.73. The number of hydrogen-bond acceptors (Lipinski definition) is 6. The zero-order valence-electron chi connectivity index (χ0n) is 11.4. The van der Waals surface area contributed by atoms with Crippen LogP contribution < -0.4 is 10.0 Å². The number of hydrogen-bond donors (Lipinski definition) is 4. The van der Waals surface area contributed by atoms with Gasteiger partial charge in [0, 0.05) is 16.5 Å². The number of halogens is 2. The minimum Gasteiger partial charge on any atom is -0.506 e. The average molecular weight is 366 g/mol. The molecule has 0 saturated carbocycles. The predicted octanol–water partition coefficient (Wildman–Crippen LogP) is 4.29. The molecule has 1 aromatic heterocycles. The number of benzene rings is 2. The summed E-state index contributed by atoms with van der Waals surface area (Å²) in [5.41, 5.74) is 2.01. The largest absolute Gasteiger partial charge is 0.506 e. The fourth-order valence-corrected chi connectivity index (χ4v) is 3.50. The van der Waals surface area contributed by atoms with Gasteiger partial charge in [-0.05, 0) is 30.1 Å². The molecule has 0 amide bonds. The Hall–Kier alpha value is -2.09. The summed E-state index contributed by atoms with van der Waals surface area (Å²) in [7, 11) is 0. The standard InChI is InChI=1S/C14H9Cl2N5OS/c15-6-3-10(22)13-11(4-6)23-21-14(19-13)18-9-2-1-8(16)12-7(9)5-17-20-12/h1-5,22H,(H,17,20)(H2,18,19,21). The molecular formula is C14H9Cl2N5OS. The van der Waals surface area contributed by atoms with Gasteiger partial charge in [-0.3, -0.25) is 9.82 Å². The van der Waals surface area contributed by atoms with E-state index in [1.165, 1.54) is 18.0 Å². The minimum atomic E-state index is 0.0327. The zero-order chi connectivity index (χ0) is 16.0. The van der Waals surface area contributed by atoms with E-state index >= 15 is 0 Å². The van der Waals surface area contributed by atoms with Crippen LogP contribution in [0.25, 0.3) is 10.9 Å². The lowest BCUT2D eigenvalue weighted by Crippen LogP contribution is -2.26. The highest BCUT2D eigenvalue weighted by molar-refractivity contribution is 7.98. The molecule has 2 aromatic carbocycles. The third kappa shape index (κ3) is 2.56. The van der Waals surface area contributed by atoms with Crippen molar-refractivity contribution >= 4 is 63.4 Å². The number of fused-ring (bicyclic) bond motifs is 2. The Labute approximate surface area is 145 Å². The van der Waals surface area contributed by atoms with Crippen molar-refractivity contribution in [1.29, 1.82) is 0 Å². The smallest absolute Gasteiger partial charge is 0.211 e. The summed E-state index contributed by atoms with van der Waals surface area (Å²) in [4.78, 5) is 5.15. The summed E-state index contributed by atoms with van der Waals surface area (Å²) in [6, 6.07) is 6.81. The van der Waals surface area contributed by atoms with Crippen molar-refractivity contribution in [3.8, 4) is 5.75 Å². The number of aromatic hydroxyl groups is 1. The summed E-state index contributed by atoms with van der Waals surface area (Å²) in [6.07, 6.45) is 1.69. The summed E-state index contributed by atoms with van der Waals surface area (Å²) >= 11 is 13.4. The average Bonchev–Trinajstić information content (AvgIpc) is 3.01. The highest BCUT2D eigenvalue weighted by Gasteiger charge is 2.18. The van der Waals surface area contributed by atoms with Gasteiger partial charge < -0.3 is 10.4 Å². The number of H-pyrrole nitrogens is 1. The number of phenols is 1. The van der Waals surface area contributed by atoms with Crippen molar-refractivity contribution < 1.29 is 5.11 Å². The van der Waals surface area contributed by atoms with E-state index < -0.39 is 0 Å². The molecule has 116 valence electrons. The Morgan fingerprint density at radius 1 is 1.22 bits per heavy atom. The van der Waals surface area contributed by atoms with E-state index in [1.807, 2.05) is 6.07 Å². The molecule has 0 fully saturated rings. The number of aromatic nitrogens is 2. The SMILES string of the molecule is Oc1cc(Cl)cc2c1N=C(Nc1ccc(Cl)c3[nH]ncc13)NS2. The second-order valence-corrected chi connectivity index (χ2v) is 6.51. The highest BCUT2D eigenvalue weighted by atomic mass is 35.5. The Morgan fingerprint density at radius 3 is 2.96 bits per heavy atom. The number of anilines is 1. The molecule has 23 heavy (non-hydrogen) atoms. The molecule has 4 rings (SSSR count). The van der Waals surface area contributed by atoms with E-state index in [1.54, 1.807) is 18.3 Å². The maximum absolute atomic E-state index is 10.0. The number of aliphatic imine (C=N–C) groups is 1. The lowest BCUT2D eigenvalue weighted by atomic mass is 10.2. The maximum atomic E-state index is 10.0. The van der Waals surface area contributed by atoms with Crippen LogP contribution in [0.4, 0.5) is 11.4 Å². The van der Waals surface area contributed by atoms with E-state index in [9.17, 15) is 5.11 Å². The molecule has 4 N–H and O–H groups in total. The summed E-state index contributed by atoms with van der Waals surface area (Å²) in [6.45, 7) is 0. The normalized spacial score (nSPS) is 13.4. The molecule has 6 nitrogen and oxygen atoms in total. The molecule has 1 aliphatic rings. The van der Waals surface area contributed by atoms with Crippen LogP contribution in [0.1, 0.15) is 0 Å². The number of aromatic amines is 1.